The van der Waals surface area contributed by atoms with Gasteiger partial charge in [0.15, 0.2) is 0 Å². The fraction of sp³-hybridized carbons (Fsp3) is 0.118. The van der Waals surface area contributed by atoms with Gasteiger partial charge in [-0.3, -0.25) is 0 Å². The van der Waals surface area contributed by atoms with Crippen LogP contribution in [0.4, 0.5) is 5.69 Å². The number of benzene rings is 2. The molecule has 0 unspecified atom stereocenters. The predicted octanol–water partition coefficient (Wildman–Crippen LogP) is 4.42. The smallest absolute Gasteiger partial charge is 0.135 e. The maximum Gasteiger partial charge on any atom is 0.135 e. The van der Waals surface area contributed by atoms with Gasteiger partial charge in [0.1, 0.15) is 11.3 Å². The van der Waals surface area contributed by atoms with Crippen LogP contribution < -0.4 is 5.73 Å². The van der Waals surface area contributed by atoms with Crippen LogP contribution in [0.2, 0.25) is 0 Å². The second kappa shape index (κ2) is 4.85. The summed E-state index contributed by atoms with van der Waals surface area (Å²) in [6.45, 7) is 3.86. The molecule has 3 heteroatoms. The Hall–Kier alpha value is -2.55. The lowest BCUT2D eigenvalue weighted by atomic mass is 10.1. The van der Waals surface area contributed by atoms with Crippen molar-refractivity contribution in [1.29, 1.82) is 0 Å². The molecule has 0 aliphatic heterocycles. The number of nitrogens with two attached hydrogens (primary N) is 1. The summed E-state index contributed by atoms with van der Waals surface area (Å²) < 4.78 is 5.92. The second-order valence-corrected chi connectivity index (χ2v) is 4.90. The van der Waals surface area contributed by atoms with Crippen molar-refractivity contribution in [2.45, 2.75) is 13.8 Å². The number of amidine groups is 1. The first-order chi connectivity index (χ1) is 9.63. The Morgan fingerprint density at radius 1 is 1.10 bits per heavy atom. The van der Waals surface area contributed by atoms with E-state index in [0.717, 1.165) is 28.0 Å². The monoisotopic (exact) mass is 264 g/mol. The highest BCUT2D eigenvalue weighted by Gasteiger charge is 2.08. The van der Waals surface area contributed by atoms with E-state index in [4.69, 9.17) is 10.2 Å². The van der Waals surface area contributed by atoms with Crippen molar-refractivity contribution in [3.63, 3.8) is 0 Å². The van der Waals surface area contributed by atoms with Crippen LogP contribution in [0.1, 0.15) is 12.5 Å². The molecular formula is C17H16N2O. The molecule has 100 valence electrons. The zero-order valence-electron chi connectivity index (χ0n) is 11.6. The molecule has 3 rings (SSSR count). The molecular weight excluding hydrogens is 248 g/mol. The molecule has 20 heavy (non-hydrogen) atoms. The van der Waals surface area contributed by atoms with E-state index < -0.39 is 0 Å². The van der Waals surface area contributed by atoms with Crippen molar-refractivity contribution >= 4 is 22.5 Å². The fourth-order valence-electron chi connectivity index (χ4n) is 2.29. The number of nitrogens with zero attached hydrogens (tertiary/aromatic N) is 1. The predicted molar refractivity (Wildman–Crippen MR) is 83.3 cm³/mol. The normalized spacial score (nSPS) is 12.0. The topological polar surface area (TPSA) is 51.5 Å². The average Bonchev–Trinajstić information content (AvgIpc) is 2.81. The van der Waals surface area contributed by atoms with Gasteiger partial charge < -0.3 is 10.2 Å². The van der Waals surface area contributed by atoms with E-state index in [1.165, 1.54) is 5.56 Å². The standard InChI is InChI=1S/C17H16N2O/c1-11-5-3-4-6-15(11)17-10-13-9-14(19-12(2)18)7-8-16(13)20-17/h3-10H,1-2H3,(H2,18,19). The zero-order valence-corrected chi connectivity index (χ0v) is 11.6. The minimum Gasteiger partial charge on any atom is -0.456 e. The molecule has 0 fully saturated rings. The van der Waals surface area contributed by atoms with Crippen LogP contribution in [-0.2, 0) is 0 Å². The Morgan fingerprint density at radius 2 is 1.90 bits per heavy atom. The maximum atomic E-state index is 5.92. The lowest BCUT2D eigenvalue weighted by Crippen LogP contribution is -2.03. The van der Waals surface area contributed by atoms with Crippen molar-refractivity contribution in [3.8, 4) is 11.3 Å². The SMILES string of the molecule is CC(N)=Nc1ccc2oc(-c3ccccc3C)cc2c1. The summed E-state index contributed by atoms with van der Waals surface area (Å²) in [5.74, 6) is 1.43. The highest BCUT2D eigenvalue weighted by Crippen LogP contribution is 2.31. The number of aryl methyl sites for hydroxylation is 1. The lowest BCUT2D eigenvalue weighted by molar-refractivity contribution is 0.631. The summed E-state index contributed by atoms with van der Waals surface area (Å²) in [5, 5.41) is 1.03. The molecule has 1 aromatic heterocycles. The summed E-state index contributed by atoms with van der Waals surface area (Å²) in [7, 11) is 0. The molecule has 0 atom stereocenters. The number of fused-ring (bicyclic) bond motifs is 1. The third kappa shape index (κ3) is 2.30. The van der Waals surface area contributed by atoms with Crippen molar-refractivity contribution in [2.24, 2.45) is 10.7 Å². The molecule has 0 saturated carbocycles. The van der Waals surface area contributed by atoms with E-state index in [1.807, 2.05) is 36.4 Å². The van der Waals surface area contributed by atoms with Crippen molar-refractivity contribution in [2.75, 3.05) is 0 Å². The number of aliphatic imine (C=N–C) groups is 1. The highest BCUT2D eigenvalue weighted by molar-refractivity contribution is 5.87. The van der Waals surface area contributed by atoms with Crippen LogP contribution in [0.5, 0.6) is 0 Å². The van der Waals surface area contributed by atoms with E-state index in [9.17, 15) is 0 Å². The molecule has 3 aromatic rings. The Balaban J connectivity index is 2.12. The van der Waals surface area contributed by atoms with Gasteiger partial charge in [0, 0.05) is 10.9 Å². The third-order valence-corrected chi connectivity index (χ3v) is 3.22. The van der Waals surface area contributed by atoms with Crippen molar-refractivity contribution < 1.29 is 4.42 Å². The molecule has 2 N–H and O–H groups in total. The Kier molecular flexibility index (Phi) is 3.03. The van der Waals surface area contributed by atoms with Crippen LogP contribution in [0, 0.1) is 6.92 Å². The molecule has 0 amide bonds. The van der Waals surface area contributed by atoms with Crippen LogP contribution in [0.25, 0.3) is 22.3 Å². The van der Waals surface area contributed by atoms with Crippen LogP contribution in [0.3, 0.4) is 0 Å². The largest absolute Gasteiger partial charge is 0.456 e. The zero-order chi connectivity index (χ0) is 14.1. The second-order valence-electron chi connectivity index (χ2n) is 4.90. The van der Waals surface area contributed by atoms with Gasteiger partial charge in [-0.25, -0.2) is 4.99 Å². The first kappa shape index (κ1) is 12.5. The van der Waals surface area contributed by atoms with Gasteiger partial charge in [-0.2, -0.15) is 0 Å². The molecule has 2 aromatic carbocycles. The molecule has 1 heterocycles. The third-order valence-electron chi connectivity index (χ3n) is 3.22. The maximum absolute atomic E-state index is 5.92. The summed E-state index contributed by atoms with van der Waals surface area (Å²) in [4.78, 5) is 4.26. The molecule has 0 aliphatic rings. The van der Waals surface area contributed by atoms with Gasteiger partial charge >= 0.3 is 0 Å². The molecule has 0 bridgehead atoms. The molecule has 0 aliphatic carbocycles. The average molecular weight is 264 g/mol. The van der Waals surface area contributed by atoms with Gasteiger partial charge in [0.2, 0.25) is 0 Å². The minimum atomic E-state index is 0.548. The summed E-state index contributed by atoms with van der Waals surface area (Å²) in [6.07, 6.45) is 0. The van der Waals surface area contributed by atoms with E-state index in [2.05, 4.69) is 24.0 Å². The van der Waals surface area contributed by atoms with E-state index in [-0.39, 0.29) is 0 Å². The summed E-state index contributed by atoms with van der Waals surface area (Å²) >= 11 is 0. The van der Waals surface area contributed by atoms with Crippen molar-refractivity contribution in [1.82, 2.24) is 0 Å². The number of furan rings is 1. The molecule has 0 saturated heterocycles. The van der Waals surface area contributed by atoms with Crippen molar-refractivity contribution in [3.05, 3.63) is 54.1 Å². The molecule has 0 radical (unpaired) electrons. The summed E-state index contributed by atoms with van der Waals surface area (Å²) in [5.41, 5.74) is 9.62. The van der Waals surface area contributed by atoms with E-state index in [0.29, 0.717) is 5.84 Å². The van der Waals surface area contributed by atoms with Gasteiger partial charge in [-0.1, -0.05) is 24.3 Å². The van der Waals surface area contributed by atoms with Gasteiger partial charge in [0.05, 0.1) is 11.5 Å². The molecule has 3 nitrogen and oxygen atoms in total. The number of hydrogen-bond acceptors (Lipinski definition) is 2. The minimum absolute atomic E-state index is 0.548. The van der Waals surface area contributed by atoms with Crippen LogP contribution in [-0.4, -0.2) is 5.84 Å². The quantitative estimate of drug-likeness (QED) is 0.550. The van der Waals surface area contributed by atoms with E-state index >= 15 is 0 Å². The Bertz CT molecular complexity index is 796. The highest BCUT2D eigenvalue weighted by atomic mass is 16.3. The first-order valence-corrected chi connectivity index (χ1v) is 6.54. The van der Waals surface area contributed by atoms with E-state index in [1.54, 1.807) is 6.92 Å². The Labute approximate surface area is 117 Å². The van der Waals surface area contributed by atoms with Gasteiger partial charge in [-0.15, -0.1) is 0 Å². The van der Waals surface area contributed by atoms with Gasteiger partial charge in [0.25, 0.3) is 0 Å². The van der Waals surface area contributed by atoms with Crippen LogP contribution in [0.15, 0.2) is 57.9 Å². The first-order valence-electron chi connectivity index (χ1n) is 6.54. The summed E-state index contributed by atoms with van der Waals surface area (Å²) in [6, 6.07) is 16.1. The van der Waals surface area contributed by atoms with Crippen LogP contribution >= 0.6 is 0 Å². The molecule has 0 spiro atoms. The Morgan fingerprint density at radius 3 is 2.65 bits per heavy atom. The number of rotatable bonds is 2. The number of hydrogen-bond donors (Lipinski definition) is 1. The van der Waals surface area contributed by atoms with Gasteiger partial charge in [-0.05, 0) is 43.7 Å². The lowest BCUT2D eigenvalue weighted by Gasteiger charge is -2.00. The fourth-order valence-corrected chi connectivity index (χ4v) is 2.29.